The minimum atomic E-state index is -0.392. The molecule has 1 aliphatic heterocycles. The van der Waals surface area contributed by atoms with Gasteiger partial charge in [0.25, 0.3) is 0 Å². The van der Waals surface area contributed by atoms with Gasteiger partial charge in [0.05, 0.1) is 16.9 Å². The number of hydrogen-bond donors (Lipinski definition) is 0. The topological polar surface area (TPSA) is 40.6 Å². The van der Waals surface area contributed by atoms with Crippen molar-refractivity contribution < 1.29 is 9.59 Å². The maximum Gasteiger partial charge on any atom is 0.327 e. The Bertz CT molecular complexity index is 766. The summed E-state index contributed by atoms with van der Waals surface area (Å²) in [5, 5.41) is 0. The third-order valence-corrected chi connectivity index (χ3v) is 5.88. The standard InChI is InChI=1S/C21H23BrN2O2/c1-15-19(17-11-7-4-8-12-17)24(21(26)23(15)2)20(25)18(22)14-13-16-9-5-3-6-10-16/h3-12,15,18-19H,13-14H2,1-2H3/t15-,18-,19-/m0/s1. The number of carbonyl (C=O) groups excluding carboxylic acids is 2. The Morgan fingerprint density at radius 3 is 2.27 bits per heavy atom. The van der Waals surface area contributed by atoms with Crippen molar-refractivity contribution in [1.29, 1.82) is 0 Å². The molecule has 26 heavy (non-hydrogen) atoms. The lowest BCUT2D eigenvalue weighted by Gasteiger charge is -2.26. The molecule has 0 spiro atoms. The zero-order chi connectivity index (χ0) is 18.7. The van der Waals surface area contributed by atoms with Gasteiger partial charge >= 0.3 is 6.03 Å². The lowest BCUT2D eigenvalue weighted by molar-refractivity contribution is -0.128. The number of benzene rings is 2. The van der Waals surface area contributed by atoms with Gasteiger partial charge < -0.3 is 4.90 Å². The number of imide groups is 1. The Morgan fingerprint density at radius 2 is 1.65 bits per heavy atom. The Balaban J connectivity index is 1.78. The van der Waals surface area contributed by atoms with Crippen molar-refractivity contribution in [1.82, 2.24) is 9.80 Å². The third kappa shape index (κ3) is 3.68. The van der Waals surface area contributed by atoms with Crippen LogP contribution in [0.2, 0.25) is 0 Å². The first-order valence-corrected chi connectivity index (χ1v) is 9.75. The second kappa shape index (κ2) is 8.04. The molecule has 2 aromatic rings. The van der Waals surface area contributed by atoms with Crippen LogP contribution < -0.4 is 0 Å². The SMILES string of the molecule is C[C@H]1[C@@H](c2ccccc2)N(C(=O)[C@@H](Br)CCc2ccccc2)C(=O)N1C. The highest BCUT2D eigenvalue weighted by atomic mass is 79.9. The molecule has 0 aromatic heterocycles. The van der Waals surface area contributed by atoms with Gasteiger partial charge in [-0.05, 0) is 30.9 Å². The number of rotatable bonds is 5. The summed E-state index contributed by atoms with van der Waals surface area (Å²) < 4.78 is 0. The molecule has 1 aliphatic rings. The van der Waals surface area contributed by atoms with Crippen molar-refractivity contribution in [2.45, 2.75) is 36.7 Å². The molecule has 1 fully saturated rings. The van der Waals surface area contributed by atoms with Gasteiger partial charge in [0.1, 0.15) is 0 Å². The van der Waals surface area contributed by atoms with Gasteiger partial charge in [0.15, 0.2) is 0 Å². The van der Waals surface area contributed by atoms with E-state index >= 15 is 0 Å². The minimum Gasteiger partial charge on any atom is -0.322 e. The van der Waals surface area contributed by atoms with Gasteiger partial charge in [-0.25, -0.2) is 4.79 Å². The van der Waals surface area contributed by atoms with Gasteiger partial charge in [-0.1, -0.05) is 76.6 Å². The highest BCUT2D eigenvalue weighted by Gasteiger charge is 2.46. The molecule has 0 bridgehead atoms. The van der Waals surface area contributed by atoms with Crippen molar-refractivity contribution >= 4 is 27.9 Å². The smallest absolute Gasteiger partial charge is 0.322 e. The van der Waals surface area contributed by atoms with Gasteiger partial charge in [-0.2, -0.15) is 0 Å². The second-order valence-electron chi connectivity index (χ2n) is 6.69. The number of nitrogens with zero attached hydrogens (tertiary/aromatic N) is 2. The molecule has 3 rings (SSSR count). The molecule has 0 unspecified atom stereocenters. The first kappa shape index (κ1) is 18.6. The fourth-order valence-electron chi connectivity index (χ4n) is 3.41. The second-order valence-corrected chi connectivity index (χ2v) is 7.79. The Morgan fingerprint density at radius 1 is 1.08 bits per heavy atom. The van der Waals surface area contributed by atoms with Crippen molar-refractivity contribution in [3.05, 3.63) is 71.8 Å². The van der Waals surface area contributed by atoms with Crippen LogP contribution >= 0.6 is 15.9 Å². The number of alkyl halides is 1. The number of hydrogen-bond acceptors (Lipinski definition) is 2. The van der Waals surface area contributed by atoms with E-state index in [2.05, 4.69) is 15.9 Å². The Kier molecular flexibility index (Phi) is 5.77. The number of likely N-dealkylation sites (N-methyl/N-ethyl adjacent to an activating group) is 1. The normalized spacial score (nSPS) is 21.1. The van der Waals surface area contributed by atoms with E-state index in [-0.39, 0.29) is 24.0 Å². The molecular formula is C21H23BrN2O2. The molecule has 0 radical (unpaired) electrons. The molecule has 1 saturated heterocycles. The van der Waals surface area contributed by atoms with Gasteiger partial charge in [-0.3, -0.25) is 9.69 Å². The maximum absolute atomic E-state index is 13.1. The zero-order valence-corrected chi connectivity index (χ0v) is 16.6. The van der Waals surface area contributed by atoms with Crippen LogP contribution in [-0.4, -0.2) is 39.7 Å². The summed E-state index contributed by atoms with van der Waals surface area (Å²) in [4.78, 5) is 28.5. The lowest BCUT2D eigenvalue weighted by atomic mass is 9.99. The van der Waals surface area contributed by atoms with Crippen molar-refractivity contribution in [3.8, 4) is 0 Å². The van der Waals surface area contributed by atoms with E-state index in [1.165, 1.54) is 10.5 Å². The van der Waals surface area contributed by atoms with Crippen LogP contribution in [0, 0.1) is 0 Å². The molecule has 0 N–H and O–H groups in total. The number of carbonyl (C=O) groups is 2. The summed E-state index contributed by atoms with van der Waals surface area (Å²) in [5.74, 6) is -0.170. The van der Waals surface area contributed by atoms with E-state index in [4.69, 9.17) is 0 Å². The van der Waals surface area contributed by atoms with Crippen molar-refractivity contribution in [2.75, 3.05) is 7.05 Å². The number of urea groups is 1. The molecule has 136 valence electrons. The number of aryl methyl sites for hydroxylation is 1. The van der Waals surface area contributed by atoms with Crippen LogP contribution in [0.1, 0.15) is 30.5 Å². The molecule has 0 saturated carbocycles. The van der Waals surface area contributed by atoms with E-state index in [1.807, 2.05) is 67.6 Å². The molecule has 3 atom stereocenters. The highest BCUT2D eigenvalue weighted by Crippen LogP contribution is 2.35. The average molecular weight is 415 g/mol. The fourth-order valence-corrected chi connectivity index (χ4v) is 3.86. The Hall–Kier alpha value is -2.14. The molecular weight excluding hydrogens is 392 g/mol. The molecule has 3 amide bonds. The molecule has 2 aromatic carbocycles. The average Bonchev–Trinajstić information content (AvgIpc) is 2.91. The van der Waals surface area contributed by atoms with Crippen molar-refractivity contribution in [2.24, 2.45) is 0 Å². The molecule has 1 heterocycles. The third-order valence-electron chi connectivity index (χ3n) is 5.03. The first-order valence-electron chi connectivity index (χ1n) is 8.83. The van der Waals surface area contributed by atoms with Gasteiger partial charge in [-0.15, -0.1) is 0 Å². The lowest BCUT2D eigenvalue weighted by Crippen LogP contribution is -2.40. The number of halogens is 1. The monoisotopic (exact) mass is 414 g/mol. The van der Waals surface area contributed by atoms with E-state index in [9.17, 15) is 9.59 Å². The van der Waals surface area contributed by atoms with Crippen LogP contribution in [0.5, 0.6) is 0 Å². The van der Waals surface area contributed by atoms with E-state index in [1.54, 1.807) is 11.9 Å². The quantitative estimate of drug-likeness (QED) is 0.679. The summed E-state index contributed by atoms with van der Waals surface area (Å²) >= 11 is 3.52. The van der Waals surface area contributed by atoms with Crippen LogP contribution in [-0.2, 0) is 11.2 Å². The van der Waals surface area contributed by atoms with E-state index in [0.29, 0.717) is 6.42 Å². The summed E-state index contributed by atoms with van der Waals surface area (Å²) in [6.07, 6.45) is 1.43. The van der Waals surface area contributed by atoms with E-state index in [0.717, 1.165) is 12.0 Å². The fraction of sp³-hybridized carbons (Fsp3) is 0.333. The summed E-state index contributed by atoms with van der Waals surface area (Å²) in [5.41, 5.74) is 2.16. The highest BCUT2D eigenvalue weighted by molar-refractivity contribution is 9.10. The largest absolute Gasteiger partial charge is 0.327 e. The minimum absolute atomic E-state index is 0.0670. The summed E-state index contributed by atoms with van der Waals surface area (Å²) in [6.45, 7) is 1.98. The molecule has 5 heteroatoms. The first-order chi connectivity index (χ1) is 12.5. The van der Waals surface area contributed by atoms with Crippen LogP contribution in [0.15, 0.2) is 60.7 Å². The summed E-state index contributed by atoms with van der Waals surface area (Å²) in [7, 11) is 1.75. The van der Waals surface area contributed by atoms with Crippen molar-refractivity contribution in [3.63, 3.8) is 0 Å². The van der Waals surface area contributed by atoms with Crippen LogP contribution in [0.25, 0.3) is 0 Å². The zero-order valence-electron chi connectivity index (χ0n) is 15.0. The molecule has 0 aliphatic carbocycles. The Labute approximate surface area is 162 Å². The predicted octanol–water partition coefficient (Wildman–Crippen LogP) is 4.41. The van der Waals surface area contributed by atoms with Crippen LogP contribution in [0.4, 0.5) is 4.79 Å². The van der Waals surface area contributed by atoms with Gasteiger partial charge in [0, 0.05) is 7.05 Å². The maximum atomic E-state index is 13.1. The predicted molar refractivity (Wildman–Crippen MR) is 106 cm³/mol. The summed E-state index contributed by atoms with van der Waals surface area (Å²) in [6, 6.07) is 19.3. The van der Waals surface area contributed by atoms with E-state index < -0.39 is 4.83 Å². The number of amides is 3. The molecule has 4 nitrogen and oxygen atoms in total. The van der Waals surface area contributed by atoms with Crippen LogP contribution in [0.3, 0.4) is 0 Å². The van der Waals surface area contributed by atoms with Gasteiger partial charge in [0.2, 0.25) is 5.91 Å².